The second-order valence-corrected chi connectivity index (χ2v) is 2.90. The standard InChI is InChI=1S/C9H5F3N2O/c10-9(11,12)14-8(13-14)7(15)6-4-2-1-3-5-6/h1-5H. The van der Waals surface area contributed by atoms with E-state index in [4.69, 9.17) is 0 Å². The lowest BCUT2D eigenvalue weighted by Crippen LogP contribution is -2.28. The third-order valence-electron chi connectivity index (χ3n) is 1.84. The second-order valence-electron chi connectivity index (χ2n) is 2.90. The Hall–Kier alpha value is -1.85. The molecule has 0 aliphatic carbocycles. The topological polar surface area (TPSA) is 32.4 Å². The van der Waals surface area contributed by atoms with E-state index >= 15 is 0 Å². The largest absolute Gasteiger partial charge is 0.506 e. The SMILES string of the molecule is O=C(C1=NN1C(F)(F)F)c1ccccc1. The van der Waals surface area contributed by atoms with Crippen molar-refractivity contribution in [3.63, 3.8) is 0 Å². The van der Waals surface area contributed by atoms with E-state index in [-0.39, 0.29) is 10.6 Å². The lowest BCUT2D eigenvalue weighted by atomic mass is 10.1. The van der Waals surface area contributed by atoms with Crippen molar-refractivity contribution in [1.82, 2.24) is 5.01 Å². The predicted octanol–water partition coefficient (Wildman–Crippen LogP) is 2.02. The minimum absolute atomic E-state index is 0.197. The highest BCUT2D eigenvalue weighted by molar-refractivity contribution is 6.48. The molecule has 3 nitrogen and oxygen atoms in total. The Morgan fingerprint density at radius 3 is 2.27 bits per heavy atom. The second kappa shape index (κ2) is 3.08. The van der Waals surface area contributed by atoms with E-state index in [0.29, 0.717) is 0 Å². The highest BCUT2D eigenvalue weighted by Gasteiger charge is 2.51. The van der Waals surface area contributed by atoms with Gasteiger partial charge in [-0.2, -0.15) is 0 Å². The van der Waals surface area contributed by atoms with Gasteiger partial charge in [0.2, 0.25) is 11.6 Å². The molecule has 0 fully saturated rings. The Morgan fingerprint density at radius 1 is 1.20 bits per heavy atom. The molecule has 1 aromatic carbocycles. The molecule has 1 heterocycles. The van der Waals surface area contributed by atoms with Crippen LogP contribution in [0.5, 0.6) is 0 Å². The van der Waals surface area contributed by atoms with Crippen molar-refractivity contribution in [2.75, 3.05) is 0 Å². The molecule has 15 heavy (non-hydrogen) atoms. The van der Waals surface area contributed by atoms with Gasteiger partial charge in [-0.1, -0.05) is 30.3 Å². The van der Waals surface area contributed by atoms with Gasteiger partial charge in [0.05, 0.1) is 0 Å². The maximum absolute atomic E-state index is 12.0. The van der Waals surface area contributed by atoms with Gasteiger partial charge in [0.1, 0.15) is 0 Å². The molecule has 0 amide bonds. The summed E-state index contributed by atoms with van der Waals surface area (Å²) in [5.41, 5.74) is 0.197. The van der Waals surface area contributed by atoms with Gasteiger partial charge in [0.15, 0.2) is 0 Å². The van der Waals surface area contributed by atoms with Gasteiger partial charge >= 0.3 is 6.30 Å². The van der Waals surface area contributed by atoms with Crippen molar-refractivity contribution in [2.45, 2.75) is 6.30 Å². The number of ketones is 1. The highest BCUT2D eigenvalue weighted by Crippen LogP contribution is 2.30. The van der Waals surface area contributed by atoms with Crippen molar-refractivity contribution in [3.8, 4) is 0 Å². The predicted molar refractivity (Wildman–Crippen MR) is 46.1 cm³/mol. The summed E-state index contributed by atoms with van der Waals surface area (Å²) in [6, 6.07) is 7.71. The average Bonchev–Trinajstić information content (AvgIpc) is 2.97. The number of rotatable bonds is 2. The molecule has 0 unspecified atom stereocenters. The molecule has 0 spiro atoms. The Labute approximate surface area is 82.8 Å². The van der Waals surface area contributed by atoms with E-state index in [1.54, 1.807) is 18.2 Å². The molecule has 0 aromatic heterocycles. The fourth-order valence-electron chi connectivity index (χ4n) is 1.11. The summed E-state index contributed by atoms with van der Waals surface area (Å²) in [6.45, 7) is 0. The lowest BCUT2D eigenvalue weighted by molar-refractivity contribution is -0.201. The third-order valence-corrected chi connectivity index (χ3v) is 1.84. The minimum Gasteiger partial charge on any atom is -0.285 e. The summed E-state index contributed by atoms with van der Waals surface area (Å²) in [5.74, 6) is -1.28. The normalized spacial score (nSPS) is 14.9. The first-order chi connectivity index (χ1) is 7.00. The van der Waals surface area contributed by atoms with E-state index < -0.39 is 17.9 Å². The van der Waals surface area contributed by atoms with E-state index in [9.17, 15) is 18.0 Å². The first-order valence-corrected chi connectivity index (χ1v) is 4.05. The summed E-state index contributed by atoms with van der Waals surface area (Å²) < 4.78 is 36.1. The number of benzene rings is 1. The molecule has 0 N–H and O–H groups in total. The number of Topliss-reactive ketones (excluding diaryl/α,β-unsaturated/α-hetero) is 1. The molecule has 0 radical (unpaired) electrons. The molecule has 0 atom stereocenters. The molecule has 1 aromatic rings. The zero-order valence-corrected chi connectivity index (χ0v) is 7.32. The van der Waals surface area contributed by atoms with Crippen LogP contribution in [0.2, 0.25) is 0 Å². The van der Waals surface area contributed by atoms with Crippen LogP contribution < -0.4 is 0 Å². The van der Waals surface area contributed by atoms with Gasteiger partial charge in [0, 0.05) is 5.56 Å². The number of hydrazone groups is 1. The van der Waals surface area contributed by atoms with E-state index in [2.05, 4.69) is 5.10 Å². The Morgan fingerprint density at radius 2 is 1.80 bits per heavy atom. The smallest absolute Gasteiger partial charge is 0.285 e. The summed E-state index contributed by atoms with van der Waals surface area (Å²) >= 11 is 0. The van der Waals surface area contributed by atoms with Gasteiger partial charge in [-0.15, -0.1) is 23.3 Å². The number of hydrogen-bond acceptors (Lipinski definition) is 3. The van der Waals surface area contributed by atoms with Gasteiger partial charge in [-0.05, 0) is 0 Å². The van der Waals surface area contributed by atoms with Crippen LogP contribution in [0.15, 0.2) is 35.4 Å². The zero-order chi connectivity index (χ0) is 11.1. The number of hydrogen-bond donors (Lipinski definition) is 0. The van der Waals surface area contributed by atoms with Crippen molar-refractivity contribution in [3.05, 3.63) is 35.9 Å². The number of carbonyl (C=O) groups is 1. The fourth-order valence-corrected chi connectivity index (χ4v) is 1.11. The molecular formula is C9H5F3N2O. The Kier molecular flexibility index (Phi) is 1.99. The molecular weight excluding hydrogens is 209 g/mol. The number of nitrogens with zero attached hydrogens (tertiary/aromatic N) is 2. The van der Waals surface area contributed by atoms with Crippen molar-refractivity contribution < 1.29 is 18.0 Å². The monoisotopic (exact) mass is 214 g/mol. The molecule has 1 aliphatic rings. The fraction of sp³-hybridized carbons (Fsp3) is 0.111. The van der Waals surface area contributed by atoms with Crippen LogP contribution in [0.25, 0.3) is 0 Å². The maximum atomic E-state index is 12.0. The summed E-state index contributed by atoms with van der Waals surface area (Å²) in [7, 11) is 0. The minimum atomic E-state index is -4.60. The number of alkyl halides is 3. The van der Waals surface area contributed by atoms with E-state index in [0.717, 1.165) is 0 Å². The molecule has 6 heteroatoms. The van der Waals surface area contributed by atoms with Crippen LogP contribution in [0.3, 0.4) is 0 Å². The number of halogens is 3. The van der Waals surface area contributed by atoms with Crippen LogP contribution in [0.1, 0.15) is 10.4 Å². The number of carbonyl (C=O) groups excluding carboxylic acids is 1. The van der Waals surface area contributed by atoms with E-state index in [1.165, 1.54) is 12.1 Å². The van der Waals surface area contributed by atoms with Crippen LogP contribution in [-0.2, 0) is 0 Å². The summed E-state index contributed by atoms with van der Waals surface area (Å²) in [5, 5.41) is 2.74. The average molecular weight is 214 g/mol. The van der Waals surface area contributed by atoms with Crippen LogP contribution in [0, 0.1) is 0 Å². The van der Waals surface area contributed by atoms with Crippen LogP contribution in [0.4, 0.5) is 13.2 Å². The van der Waals surface area contributed by atoms with Crippen molar-refractivity contribution in [1.29, 1.82) is 0 Å². The molecule has 0 saturated heterocycles. The number of amidine groups is 1. The molecule has 78 valence electrons. The highest BCUT2D eigenvalue weighted by atomic mass is 19.4. The first-order valence-electron chi connectivity index (χ1n) is 4.05. The Balaban J connectivity index is 2.11. The zero-order valence-electron chi connectivity index (χ0n) is 7.32. The van der Waals surface area contributed by atoms with Gasteiger partial charge in [-0.25, -0.2) is 0 Å². The van der Waals surface area contributed by atoms with Gasteiger partial charge in [-0.3, -0.25) is 4.79 Å². The molecule has 2 rings (SSSR count). The van der Waals surface area contributed by atoms with Crippen LogP contribution in [-0.4, -0.2) is 22.9 Å². The quantitative estimate of drug-likeness (QED) is 0.557. The lowest BCUT2D eigenvalue weighted by Gasteiger charge is -2.05. The van der Waals surface area contributed by atoms with E-state index in [1.807, 2.05) is 0 Å². The molecule has 0 saturated carbocycles. The third kappa shape index (κ3) is 1.83. The van der Waals surface area contributed by atoms with Crippen molar-refractivity contribution in [2.24, 2.45) is 5.10 Å². The Bertz CT molecular complexity index is 425. The van der Waals surface area contributed by atoms with Crippen LogP contribution >= 0.6 is 0 Å². The summed E-state index contributed by atoms with van der Waals surface area (Å²) in [4.78, 5) is 11.4. The molecule has 0 bridgehead atoms. The first kappa shape index (κ1) is 9.70. The van der Waals surface area contributed by atoms with Crippen molar-refractivity contribution >= 4 is 11.6 Å². The molecule has 1 aliphatic heterocycles. The summed E-state index contributed by atoms with van der Waals surface area (Å²) in [6.07, 6.45) is -4.60. The van der Waals surface area contributed by atoms with Gasteiger partial charge in [0.25, 0.3) is 0 Å². The maximum Gasteiger partial charge on any atom is 0.506 e. The van der Waals surface area contributed by atoms with Gasteiger partial charge < -0.3 is 0 Å².